The van der Waals surface area contributed by atoms with Gasteiger partial charge in [0.25, 0.3) is 0 Å². The topological polar surface area (TPSA) is 121 Å². The van der Waals surface area contributed by atoms with Crippen LogP contribution in [0.4, 0.5) is 23.4 Å². The van der Waals surface area contributed by atoms with E-state index in [0.29, 0.717) is 37.3 Å². The van der Waals surface area contributed by atoms with Crippen molar-refractivity contribution in [2.45, 2.75) is 19.1 Å². The molecule has 0 aliphatic rings. The van der Waals surface area contributed by atoms with Crippen LogP contribution in [0, 0.1) is 5.82 Å². The molecule has 0 aliphatic heterocycles. The lowest BCUT2D eigenvalue weighted by Gasteiger charge is -2.20. The molecule has 10 nitrogen and oxygen atoms in total. The maximum atomic E-state index is 14.1. The first-order valence-electron chi connectivity index (χ1n) is 10.4. The highest BCUT2D eigenvalue weighted by Gasteiger charge is 2.42. The molecule has 4 aromatic heterocycles. The van der Waals surface area contributed by atoms with Crippen molar-refractivity contribution in [2.24, 2.45) is 0 Å². The van der Waals surface area contributed by atoms with Gasteiger partial charge in [0.15, 0.2) is 11.3 Å². The number of nitrogens with one attached hydrogen (secondary N) is 1. The van der Waals surface area contributed by atoms with Gasteiger partial charge in [-0.25, -0.2) is 24.1 Å². The summed E-state index contributed by atoms with van der Waals surface area (Å²) in [6, 6.07) is 4.06. The van der Waals surface area contributed by atoms with Crippen LogP contribution in [-0.2, 0) is 4.79 Å². The predicted octanol–water partition coefficient (Wildman–Crippen LogP) is 4.31. The SMILES string of the molecule is CC(Nc1ncnc2c1ncn2OC(=O)C(F)(F)F)c1cc(Cl)c2ccnnc2c1-c1cncc(F)c1. The first-order valence-corrected chi connectivity index (χ1v) is 10.8. The summed E-state index contributed by atoms with van der Waals surface area (Å²) >= 11 is 6.52. The van der Waals surface area contributed by atoms with E-state index in [1.54, 1.807) is 19.1 Å². The van der Waals surface area contributed by atoms with Gasteiger partial charge in [0.1, 0.15) is 24.0 Å². The van der Waals surface area contributed by atoms with Crippen molar-refractivity contribution in [2.75, 3.05) is 5.32 Å². The molecule has 0 radical (unpaired) electrons. The number of hydrogen-bond donors (Lipinski definition) is 1. The van der Waals surface area contributed by atoms with Crippen LogP contribution in [0.3, 0.4) is 0 Å². The fourth-order valence-corrected chi connectivity index (χ4v) is 4.01. The highest BCUT2D eigenvalue weighted by molar-refractivity contribution is 6.36. The molecule has 0 bridgehead atoms. The number of rotatable bonds is 5. The number of carbonyl (C=O) groups excluding carboxylic acids is 1. The van der Waals surface area contributed by atoms with E-state index in [9.17, 15) is 22.4 Å². The fourth-order valence-electron chi connectivity index (χ4n) is 3.74. The lowest BCUT2D eigenvalue weighted by molar-refractivity contribution is -0.199. The van der Waals surface area contributed by atoms with Crippen molar-refractivity contribution in [3.63, 3.8) is 0 Å². The number of imidazole rings is 1. The van der Waals surface area contributed by atoms with Crippen molar-refractivity contribution in [1.82, 2.24) is 34.9 Å². The molecule has 5 aromatic rings. The highest BCUT2D eigenvalue weighted by atomic mass is 35.5. The largest absolute Gasteiger partial charge is 0.493 e. The molecular weight excluding hydrogens is 520 g/mol. The Hall–Kier alpha value is -4.46. The van der Waals surface area contributed by atoms with Crippen molar-refractivity contribution in [3.05, 3.63) is 65.8 Å². The minimum absolute atomic E-state index is 0.0324. The summed E-state index contributed by atoms with van der Waals surface area (Å²) in [5.41, 5.74) is 1.75. The van der Waals surface area contributed by atoms with E-state index >= 15 is 0 Å². The molecular formula is C22H13ClF4N8O2. The quantitative estimate of drug-likeness (QED) is 0.330. The second-order valence-electron chi connectivity index (χ2n) is 7.72. The monoisotopic (exact) mass is 532 g/mol. The Kier molecular flexibility index (Phi) is 6.03. The van der Waals surface area contributed by atoms with Gasteiger partial charge in [-0.3, -0.25) is 4.98 Å². The van der Waals surface area contributed by atoms with Crippen LogP contribution in [0.5, 0.6) is 0 Å². The Morgan fingerprint density at radius 2 is 1.97 bits per heavy atom. The first-order chi connectivity index (χ1) is 17.6. The van der Waals surface area contributed by atoms with Gasteiger partial charge in [0, 0.05) is 22.7 Å². The third-order valence-corrected chi connectivity index (χ3v) is 5.63. The number of nitrogens with zero attached hydrogens (tertiary/aromatic N) is 7. The molecule has 0 fully saturated rings. The Morgan fingerprint density at radius 3 is 2.73 bits per heavy atom. The zero-order valence-corrected chi connectivity index (χ0v) is 19.3. The van der Waals surface area contributed by atoms with Crippen LogP contribution in [0.15, 0.2) is 49.4 Å². The standard InChI is InChI=1S/C22H13ClF4N8O2/c1-10(33-19-18-20(30-8-29-19)35(9-31-18)37-21(36)22(25,26)27)14-5-15(23)13-2-3-32-34-17(13)16(14)11-4-12(24)7-28-6-11/h2-10H,1H3,(H,29,30,33). The number of halogens is 5. The van der Waals surface area contributed by atoms with Crippen molar-refractivity contribution in [3.8, 4) is 11.1 Å². The number of pyridine rings is 1. The van der Waals surface area contributed by atoms with Crippen LogP contribution in [0.2, 0.25) is 5.02 Å². The molecule has 0 saturated carbocycles. The van der Waals surface area contributed by atoms with Crippen LogP contribution in [0.1, 0.15) is 18.5 Å². The van der Waals surface area contributed by atoms with Gasteiger partial charge >= 0.3 is 12.1 Å². The molecule has 0 aliphatic carbocycles. The summed E-state index contributed by atoms with van der Waals surface area (Å²) in [5.74, 6) is -2.88. The maximum Gasteiger partial charge on any atom is 0.493 e. The summed E-state index contributed by atoms with van der Waals surface area (Å²) in [7, 11) is 0. The average molecular weight is 533 g/mol. The lowest BCUT2D eigenvalue weighted by atomic mass is 9.93. The summed E-state index contributed by atoms with van der Waals surface area (Å²) in [6.07, 6.45) is 0.727. The van der Waals surface area contributed by atoms with Gasteiger partial charge in [0.05, 0.1) is 23.5 Å². The highest BCUT2D eigenvalue weighted by Crippen LogP contribution is 2.39. The molecule has 0 amide bonds. The summed E-state index contributed by atoms with van der Waals surface area (Å²) < 4.78 is 52.4. The van der Waals surface area contributed by atoms with Gasteiger partial charge in [0.2, 0.25) is 5.65 Å². The molecule has 0 saturated heterocycles. The molecule has 1 atom stereocenters. The zero-order valence-electron chi connectivity index (χ0n) is 18.5. The molecule has 1 N–H and O–H groups in total. The van der Waals surface area contributed by atoms with Crippen LogP contribution in [0.25, 0.3) is 33.2 Å². The Labute approximate surface area is 209 Å². The van der Waals surface area contributed by atoms with Gasteiger partial charge in [-0.15, -0.1) is 9.83 Å². The lowest BCUT2D eigenvalue weighted by Crippen LogP contribution is -2.33. The minimum Gasteiger partial charge on any atom is -0.362 e. The second kappa shape index (κ2) is 9.20. The molecule has 1 aromatic carbocycles. The van der Waals surface area contributed by atoms with E-state index in [2.05, 4.69) is 40.3 Å². The summed E-state index contributed by atoms with van der Waals surface area (Å²) in [4.78, 5) is 31.5. The summed E-state index contributed by atoms with van der Waals surface area (Å²) in [6.45, 7) is 1.75. The normalized spacial score (nSPS) is 12.6. The van der Waals surface area contributed by atoms with Crippen molar-refractivity contribution < 1.29 is 27.2 Å². The second-order valence-corrected chi connectivity index (χ2v) is 8.12. The molecule has 0 spiro atoms. The predicted molar refractivity (Wildman–Crippen MR) is 123 cm³/mol. The smallest absolute Gasteiger partial charge is 0.362 e. The van der Waals surface area contributed by atoms with Gasteiger partial charge < -0.3 is 10.2 Å². The number of fused-ring (bicyclic) bond motifs is 2. The maximum absolute atomic E-state index is 14.1. The number of hydrogen-bond acceptors (Lipinski definition) is 9. The number of benzene rings is 1. The summed E-state index contributed by atoms with van der Waals surface area (Å²) in [5, 5.41) is 12.2. The molecule has 5 rings (SSSR count). The van der Waals surface area contributed by atoms with E-state index in [1.807, 2.05) is 0 Å². The van der Waals surface area contributed by atoms with Gasteiger partial charge in [-0.2, -0.15) is 18.3 Å². The molecule has 37 heavy (non-hydrogen) atoms. The molecule has 15 heteroatoms. The number of alkyl halides is 3. The van der Waals surface area contributed by atoms with E-state index < -0.39 is 24.0 Å². The Bertz CT molecular complexity index is 1660. The fraction of sp³-hybridized carbons (Fsp3) is 0.136. The van der Waals surface area contributed by atoms with Crippen LogP contribution in [-0.4, -0.2) is 47.0 Å². The van der Waals surface area contributed by atoms with Gasteiger partial charge in [-0.05, 0) is 30.7 Å². The van der Waals surface area contributed by atoms with E-state index in [1.165, 1.54) is 18.5 Å². The average Bonchev–Trinajstić information content (AvgIpc) is 3.27. The Balaban J connectivity index is 1.58. The molecule has 1 unspecified atom stereocenters. The third-order valence-electron chi connectivity index (χ3n) is 5.32. The third kappa shape index (κ3) is 4.58. The molecule has 4 heterocycles. The molecule has 188 valence electrons. The van der Waals surface area contributed by atoms with Crippen molar-refractivity contribution >= 4 is 45.5 Å². The van der Waals surface area contributed by atoms with E-state index in [4.69, 9.17) is 11.6 Å². The van der Waals surface area contributed by atoms with Crippen molar-refractivity contribution in [1.29, 1.82) is 0 Å². The Morgan fingerprint density at radius 1 is 1.16 bits per heavy atom. The number of aromatic nitrogens is 7. The van der Waals surface area contributed by atoms with E-state index in [-0.39, 0.29) is 17.0 Å². The van der Waals surface area contributed by atoms with E-state index in [0.717, 1.165) is 18.9 Å². The minimum atomic E-state index is -5.21. The van der Waals surface area contributed by atoms with Gasteiger partial charge in [-0.1, -0.05) is 11.6 Å². The zero-order chi connectivity index (χ0) is 26.3. The first kappa shape index (κ1) is 24.2. The number of anilines is 1. The van der Waals surface area contributed by atoms with Crippen LogP contribution < -0.4 is 10.2 Å². The number of carbonyl (C=O) groups is 1. The van der Waals surface area contributed by atoms with Crippen LogP contribution >= 0.6 is 11.6 Å².